The number of carboxylic acids is 2. The lowest BCUT2D eigenvalue weighted by molar-refractivity contribution is -0.139. The predicted octanol–water partition coefficient (Wildman–Crippen LogP) is -0.405. The van der Waals surface area contributed by atoms with Crippen LogP contribution in [0.5, 0.6) is 0 Å². The smallest absolute Gasteiger partial charge is 0.480 e. The molecule has 4 N–H and O–H groups in total. The maximum Gasteiger partial charge on any atom is 0.696 e. The molecule has 226 valence electrons. The third-order valence-corrected chi connectivity index (χ3v) is 6.60. The first-order valence-electron chi connectivity index (χ1n) is 13.2. The topological polar surface area (TPSA) is 173 Å². The normalized spacial score (nSPS) is 18.5. The first kappa shape index (κ1) is 34.1. The van der Waals surface area contributed by atoms with Gasteiger partial charge in [-0.3, -0.25) is 29.2 Å². The monoisotopic (exact) mass is 589 g/mol. The average Bonchev–Trinajstić information content (AvgIpc) is 2.90. The lowest BCUT2D eigenvalue weighted by Crippen LogP contribution is -2.49. The number of carbonyl (C=O) groups is 2. The second kappa shape index (κ2) is 19.9. The van der Waals surface area contributed by atoms with E-state index < -0.39 is 26.3 Å². The molecule has 0 saturated carbocycles. The van der Waals surface area contributed by atoms with Crippen molar-refractivity contribution < 1.29 is 48.4 Å². The molecule has 0 aromatic heterocycles. The van der Waals surface area contributed by atoms with Gasteiger partial charge in [0.1, 0.15) is 0 Å². The number of hydrogen-bond donors (Lipinski definition) is 4. The van der Waals surface area contributed by atoms with Gasteiger partial charge in [0.2, 0.25) is 0 Å². The summed E-state index contributed by atoms with van der Waals surface area (Å²) >= 11 is 0. The van der Waals surface area contributed by atoms with E-state index in [1.807, 2.05) is 35.2 Å². The summed E-state index contributed by atoms with van der Waals surface area (Å²) < 4.78 is 27.0. The highest BCUT2D eigenvalue weighted by molar-refractivity contribution is 7.32. The minimum absolute atomic E-state index is 0.102. The van der Waals surface area contributed by atoms with Crippen LogP contribution >= 0.6 is 8.25 Å². The molecule has 15 heteroatoms. The van der Waals surface area contributed by atoms with E-state index in [4.69, 9.17) is 18.9 Å². The van der Waals surface area contributed by atoms with Crippen LogP contribution in [0, 0.1) is 0 Å². The van der Waals surface area contributed by atoms with Gasteiger partial charge in [0.05, 0.1) is 45.6 Å². The van der Waals surface area contributed by atoms with Crippen molar-refractivity contribution in [3.63, 3.8) is 0 Å². The van der Waals surface area contributed by atoms with Crippen LogP contribution in [0.2, 0.25) is 0 Å². The van der Waals surface area contributed by atoms with Gasteiger partial charge in [0, 0.05) is 63.5 Å². The van der Waals surface area contributed by atoms with Crippen LogP contribution < -0.4 is 0 Å². The highest BCUT2D eigenvalue weighted by Gasteiger charge is 2.22. The zero-order valence-electron chi connectivity index (χ0n) is 22.8. The fourth-order valence-electron chi connectivity index (χ4n) is 4.17. The molecule has 1 aromatic rings. The second-order valence-corrected chi connectivity index (χ2v) is 10.3. The van der Waals surface area contributed by atoms with Gasteiger partial charge >= 0.3 is 20.2 Å². The molecule has 0 radical (unpaired) electrons. The van der Waals surface area contributed by atoms with Crippen LogP contribution in [0.25, 0.3) is 0 Å². The highest BCUT2D eigenvalue weighted by Crippen LogP contribution is 2.15. The fraction of sp³-hybridized carbons (Fsp3) is 0.680. The van der Waals surface area contributed by atoms with E-state index in [1.54, 1.807) is 14.7 Å². The molecule has 2 rings (SSSR count). The van der Waals surface area contributed by atoms with Crippen LogP contribution in [0.3, 0.4) is 0 Å². The molecule has 0 spiro atoms. The zero-order chi connectivity index (χ0) is 29.2. The number of β-amino-alcohol motifs (C(OH)–C–C–N with tert-alkyl or cyclic N) is 1. The summed E-state index contributed by atoms with van der Waals surface area (Å²) in [6.07, 6.45) is -0.795. The quantitative estimate of drug-likeness (QED) is 0.145. The third-order valence-electron chi connectivity index (χ3n) is 6.26. The van der Waals surface area contributed by atoms with E-state index in [0.717, 1.165) is 5.56 Å². The van der Waals surface area contributed by atoms with Gasteiger partial charge in [-0.15, -0.1) is 9.42 Å². The minimum Gasteiger partial charge on any atom is -0.480 e. The highest BCUT2D eigenvalue weighted by atomic mass is 31.1. The Morgan fingerprint density at radius 2 is 1.30 bits per heavy atom. The van der Waals surface area contributed by atoms with Crippen LogP contribution in [0.15, 0.2) is 30.3 Å². The third kappa shape index (κ3) is 16.2. The van der Waals surface area contributed by atoms with Crippen molar-refractivity contribution in [1.82, 2.24) is 19.6 Å². The summed E-state index contributed by atoms with van der Waals surface area (Å²) in [4.78, 5) is 39.1. The number of rotatable bonds is 16. The molecule has 14 nitrogen and oxygen atoms in total. The van der Waals surface area contributed by atoms with Gasteiger partial charge < -0.3 is 24.8 Å². The maximum absolute atomic E-state index is 11.4. The molecule has 40 heavy (non-hydrogen) atoms. The SMILES string of the molecule is O=C(O)CN1CCN(CO[P+](=O)O)CCN(CC(=O)O)CCN(CC(O)COCCOCc2ccccc2)CC1. The van der Waals surface area contributed by atoms with E-state index in [2.05, 4.69) is 0 Å². The van der Waals surface area contributed by atoms with E-state index in [9.17, 15) is 29.5 Å². The number of nitrogens with zero attached hydrogens (tertiary/aromatic N) is 4. The van der Waals surface area contributed by atoms with Gasteiger partial charge in [-0.2, -0.15) is 0 Å². The first-order chi connectivity index (χ1) is 19.2. The predicted molar refractivity (Wildman–Crippen MR) is 145 cm³/mol. The number of carboxylic acid groups (broad SMARTS) is 2. The largest absolute Gasteiger partial charge is 0.696 e. The van der Waals surface area contributed by atoms with E-state index in [0.29, 0.717) is 72.2 Å². The molecule has 1 heterocycles. The number of ether oxygens (including phenoxy) is 2. The molecule has 1 aliphatic heterocycles. The van der Waals surface area contributed by atoms with Crippen molar-refractivity contribution in [1.29, 1.82) is 0 Å². The van der Waals surface area contributed by atoms with Crippen molar-refractivity contribution in [3.05, 3.63) is 35.9 Å². The number of benzene rings is 1. The molecule has 0 amide bonds. The van der Waals surface area contributed by atoms with Crippen LogP contribution in [-0.4, -0.2) is 156 Å². The van der Waals surface area contributed by atoms with Crippen molar-refractivity contribution in [2.45, 2.75) is 12.7 Å². The number of aliphatic hydroxyl groups excluding tert-OH is 1. The summed E-state index contributed by atoms with van der Waals surface area (Å²) in [7, 11) is -2.80. The van der Waals surface area contributed by atoms with Crippen molar-refractivity contribution in [3.8, 4) is 0 Å². The molecule has 1 fully saturated rings. The summed E-state index contributed by atoms with van der Waals surface area (Å²) in [5, 5.41) is 29.3. The van der Waals surface area contributed by atoms with Gasteiger partial charge in [-0.25, -0.2) is 0 Å². The average molecular weight is 590 g/mol. The second-order valence-electron chi connectivity index (χ2n) is 9.52. The fourth-order valence-corrected chi connectivity index (χ4v) is 4.43. The Bertz CT molecular complexity index is 852. The van der Waals surface area contributed by atoms with Gasteiger partial charge in [-0.05, 0) is 5.56 Å². The number of aliphatic carboxylic acids is 2. The Hall–Kier alpha value is -2.10. The van der Waals surface area contributed by atoms with Gasteiger partial charge in [0.15, 0.2) is 6.73 Å². The van der Waals surface area contributed by atoms with E-state index in [1.165, 1.54) is 0 Å². The molecule has 1 aliphatic rings. The standard InChI is InChI=1S/C25H41N4O10P/c30-23(20-38-15-14-37-19-22-4-2-1-3-5-22)16-26-6-8-27(17-24(31)32)10-12-29(21-39-40(35)36)13-11-28(9-7-26)18-25(33)34/h1-5,23,30H,6-21H2,(H2-,31,32,33,34,35,36)/p+1. The van der Waals surface area contributed by atoms with Crippen LogP contribution in [0.1, 0.15) is 5.56 Å². The lowest BCUT2D eigenvalue weighted by atomic mass is 10.2. The zero-order valence-corrected chi connectivity index (χ0v) is 23.6. The van der Waals surface area contributed by atoms with Gasteiger partial charge in [0.25, 0.3) is 0 Å². The van der Waals surface area contributed by atoms with E-state index in [-0.39, 0.29) is 33.0 Å². The molecule has 0 bridgehead atoms. The molecule has 2 unspecified atom stereocenters. The molecular weight excluding hydrogens is 547 g/mol. The van der Waals surface area contributed by atoms with E-state index >= 15 is 0 Å². The molecular formula is C25H42N4O10P+. The van der Waals surface area contributed by atoms with Crippen molar-refractivity contribution in [2.24, 2.45) is 0 Å². The summed E-state index contributed by atoms with van der Waals surface area (Å²) in [5.41, 5.74) is 1.06. The van der Waals surface area contributed by atoms with Crippen molar-refractivity contribution in [2.75, 3.05) is 98.5 Å². The molecule has 1 saturated heterocycles. The maximum atomic E-state index is 11.4. The molecule has 1 aromatic carbocycles. The minimum atomic E-state index is -2.80. The van der Waals surface area contributed by atoms with Crippen LogP contribution in [-0.2, 0) is 34.8 Å². The Labute approximate surface area is 235 Å². The molecule has 2 atom stereocenters. The first-order valence-corrected chi connectivity index (χ1v) is 14.3. The number of aliphatic hydroxyl groups is 1. The Kier molecular flexibility index (Phi) is 17.0. The van der Waals surface area contributed by atoms with Crippen LogP contribution in [0.4, 0.5) is 0 Å². The Balaban J connectivity index is 1.90. The lowest BCUT2D eigenvalue weighted by Gasteiger charge is -2.33. The van der Waals surface area contributed by atoms with Crippen molar-refractivity contribution >= 4 is 20.2 Å². The molecule has 0 aliphatic carbocycles. The Morgan fingerprint density at radius 3 is 1.82 bits per heavy atom. The van der Waals surface area contributed by atoms with Gasteiger partial charge in [-0.1, -0.05) is 30.3 Å². The number of hydrogen-bond acceptors (Lipinski definition) is 11. The summed E-state index contributed by atoms with van der Waals surface area (Å²) in [5.74, 6) is -1.95. The summed E-state index contributed by atoms with van der Waals surface area (Å²) in [6.45, 7) is 4.20. The Morgan fingerprint density at radius 1 is 0.800 bits per heavy atom. The summed E-state index contributed by atoms with van der Waals surface area (Å²) in [6, 6.07) is 9.77.